The molecule has 5 rings (SSSR count). The van der Waals surface area contributed by atoms with Gasteiger partial charge >= 0.3 is 12.1 Å². The second-order valence-electron chi connectivity index (χ2n) is 9.88. The van der Waals surface area contributed by atoms with Crippen LogP contribution in [0.15, 0.2) is 48.5 Å². The number of fused-ring (bicyclic) bond motifs is 3. The number of hydrogen-bond donors (Lipinski definition) is 2. The molecule has 2 aliphatic carbocycles. The highest BCUT2D eigenvalue weighted by molar-refractivity contribution is 5.81. The van der Waals surface area contributed by atoms with Crippen LogP contribution in [0.3, 0.4) is 0 Å². The number of benzene rings is 2. The minimum atomic E-state index is -0.832. The van der Waals surface area contributed by atoms with Crippen molar-refractivity contribution in [3.63, 3.8) is 0 Å². The zero-order chi connectivity index (χ0) is 23.7. The molecule has 2 N–H and O–H groups in total. The summed E-state index contributed by atoms with van der Waals surface area (Å²) in [5.74, 6) is -0.841. The first kappa shape index (κ1) is 22.4. The third kappa shape index (κ3) is 4.39. The van der Waals surface area contributed by atoms with Crippen LogP contribution >= 0.6 is 0 Å². The molecule has 7 heteroatoms. The SMILES string of the molecule is O=C(O)CC1CN(C(=O)CC2(NC(=O)OCC3c4ccccc4-c4ccccc43)CCCC2)C1. The highest BCUT2D eigenvalue weighted by atomic mass is 16.5. The summed E-state index contributed by atoms with van der Waals surface area (Å²) in [6.07, 6.45) is 3.25. The van der Waals surface area contributed by atoms with E-state index in [4.69, 9.17) is 9.84 Å². The van der Waals surface area contributed by atoms with Gasteiger partial charge in [-0.15, -0.1) is 0 Å². The van der Waals surface area contributed by atoms with Crippen LogP contribution < -0.4 is 5.32 Å². The van der Waals surface area contributed by atoms with Crippen molar-refractivity contribution >= 4 is 18.0 Å². The van der Waals surface area contributed by atoms with Crippen molar-refractivity contribution in [2.24, 2.45) is 5.92 Å². The molecular formula is C27H30N2O5. The summed E-state index contributed by atoms with van der Waals surface area (Å²) in [6.45, 7) is 1.20. The second-order valence-corrected chi connectivity index (χ2v) is 9.88. The van der Waals surface area contributed by atoms with Crippen molar-refractivity contribution < 1.29 is 24.2 Å². The quantitative estimate of drug-likeness (QED) is 0.644. The van der Waals surface area contributed by atoms with Crippen LogP contribution in [0, 0.1) is 5.92 Å². The maximum atomic E-state index is 12.9. The Morgan fingerprint density at radius 2 is 1.56 bits per heavy atom. The van der Waals surface area contributed by atoms with E-state index < -0.39 is 17.6 Å². The highest BCUT2D eigenvalue weighted by Crippen LogP contribution is 2.44. The van der Waals surface area contributed by atoms with Gasteiger partial charge in [-0.1, -0.05) is 61.4 Å². The number of amides is 2. The van der Waals surface area contributed by atoms with E-state index in [2.05, 4.69) is 29.6 Å². The first-order valence-corrected chi connectivity index (χ1v) is 12.1. The van der Waals surface area contributed by atoms with E-state index in [0.29, 0.717) is 13.1 Å². The number of ether oxygens (including phenoxy) is 1. The third-order valence-electron chi connectivity index (χ3n) is 7.53. The molecule has 7 nitrogen and oxygen atoms in total. The highest BCUT2D eigenvalue weighted by Gasteiger charge is 2.41. The Hall–Kier alpha value is -3.35. The first-order valence-electron chi connectivity index (χ1n) is 12.1. The second kappa shape index (κ2) is 9.12. The summed E-state index contributed by atoms with van der Waals surface area (Å²) in [7, 11) is 0. The maximum Gasteiger partial charge on any atom is 0.407 e. The molecule has 0 bridgehead atoms. The Balaban J connectivity index is 1.20. The van der Waals surface area contributed by atoms with E-state index >= 15 is 0 Å². The van der Waals surface area contributed by atoms with Gasteiger partial charge in [-0.25, -0.2) is 4.79 Å². The molecular weight excluding hydrogens is 432 g/mol. The summed E-state index contributed by atoms with van der Waals surface area (Å²) in [5.41, 5.74) is 4.10. The molecule has 2 fully saturated rings. The number of likely N-dealkylation sites (tertiary alicyclic amines) is 1. The maximum absolute atomic E-state index is 12.9. The zero-order valence-corrected chi connectivity index (χ0v) is 19.2. The first-order chi connectivity index (χ1) is 16.4. The van der Waals surface area contributed by atoms with Crippen LogP contribution in [0.1, 0.15) is 55.6 Å². The average Bonchev–Trinajstić information content (AvgIpc) is 3.37. The van der Waals surface area contributed by atoms with Gasteiger partial charge in [0.15, 0.2) is 0 Å². The molecule has 2 aromatic carbocycles. The van der Waals surface area contributed by atoms with E-state index in [9.17, 15) is 14.4 Å². The van der Waals surface area contributed by atoms with Gasteiger partial charge in [0.1, 0.15) is 6.61 Å². The molecule has 1 saturated heterocycles. The molecule has 178 valence electrons. The molecule has 0 aromatic heterocycles. The van der Waals surface area contributed by atoms with Gasteiger partial charge in [0, 0.05) is 24.9 Å². The Morgan fingerprint density at radius 3 is 2.15 bits per heavy atom. The predicted octanol–water partition coefficient (Wildman–Crippen LogP) is 4.16. The van der Waals surface area contributed by atoms with E-state index in [-0.39, 0.29) is 37.2 Å². The lowest BCUT2D eigenvalue weighted by Gasteiger charge is -2.41. The van der Waals surface area contributed by atoms with E-state index in [1.54, 1.807) is 4.90 Å². The van der Waals surface area contributed by atoms with Crippen LogP contribution in [0.4, 0.5) is 4.79 Å². The molecule has 1 heterocycles. The molecule has 0 radical (unpaired) electrons. The van der Waals surface area contributed by atoms with Crippen molar-refractivity contribution in [3.05, 3.63) is 59.7 Å². The van der Waals surface area contributed by atoms with Crippen LogP contribution in [0.25, 0.3) is 11.1 Å². The van der Waals surface area contributed by atoms with Gasteiger partial charge in [-0.2, -0.15) is 0 Å². The zero-order valence-electron chi connectivity index (χ0n) is 19.2. The van der Waals surface area contributed by atoms with Gasteiger partial charge < -0.3 is 20.1 Å². The van der Waals surface area contributed by atoms with Crippen molar-refractivity contribution in [1.82, 2.24) is 10.2 Å². The van der Waals surface area contributed by atoms with Gasteiger partial charge in [0.25, 0.3) is 0 Å². The molecule has 1 aliphatic heterocycles. The van der Waals surface area contributed by atoms with Crippen molar-refractivity contribution in [2.75, 3.05) is 19.7 Å². The lowest BCUT2D eigenvalue weighted by atomic mass is 9.90. The molecule has 0 unspecified atom stereocenters. The minimum absolute atomic E-state index is 0.00781. The molecule has 2 amide bonds. The fourth-order valence-electron chi connectivity index (χ4n) is 5.80. The third-order valence-corrected chi connectivity index (χ3v) is 7.53. The standard InChI is InChI=1S/C27H30N2O5/c30-24(29-15-18(16-29)13-25(31)32)14-27(11-5-6-12-27)28-26(33)34-17-23-21-9-3-1-7-19(21)20-8-2-4-10-22(20)23/h1-4,7-10,18,23H,5-6,11-17H2,(H,28,33)(H,31,32). The summed E-state index contributed by atoms with van der Waals surface area (Å²) >= 11 is 0. The Labute approximate surface area is 199 Å². The number of carboxylic acids is 1. The number of carboxylic acid groups (broad SMARTS) is 1. The number of carbonyl (C=O) groups excluding carboxylic acids is 2. The monoisotopic (exact) mass is 462 g/mol. The number of alkyl carbamates (subject to hydrolysis) is 1. The predicted molar refractivity (Wildman–Crippen MR) is 126 cm³/mol. The van der Waals surface area contributed by atoms with Crippen LogP contribution in [-0.2, 0) is 14.3 Å². The Kier molecular flexibility index (Phi) is 6.02. The normalized spacial score (nSPS) is 18.6. The van der Waals surface area contributed by atoms with Crippen LogP contribution in [0.5, 0.6) is 0 Å². The topological polar surface area (TPSA) is 95.9 Å². The number of aliphatic carboxylic acids is 1. The van der Waals surface area contributed by atoms with E-state index in [0.717, 1.165) is 36.8 Å². The molecule has 2 aromatic rings. The lowest BCUT2D eigenvalue weighted by Crippen LogP contribution is -2.55. The fourth-order valence-corrected chi connectivity index (χ4v) is 5.80. The summed E-state index contributed by atoms with van der Waals surface area (Å²) in [6, 6.07) is 16.4. The number of rotatable bonds is 7. The summed E-state index contributed by atoms with van der Waals surface area (Å²) < 4.78 is 5.73. The summed E-state index contributed by atoms with van der Waals surface area (Å²) in [4.78, 5) is 38.3. The molecule has 0 atom stereocenters. The van der Waals surface area contributed by atoms with E-state index in [1.807, 2.05) is 24.3 Å². The fraction of sp³-hybridized carbons (Fsp3) is 0.444. The van der Waals surface area contributed by atoms with Crippen LogP contribution in [-0.4, -0.2) is 53.2 Å². The van der Waals surface area contributed by atoms with Crippen molar-refractivity contribution in [1.29, 1.82) is 0 Å². The molecule has 34 heavy (non-hydrogen) atoms. The lowest BCUT2D eigenvalue weighted by molar-refractivity contribution is -0.145. The molecule has 1 saturated carbocycles. The number of carbonyl (C=O) groups is 3. The smallest absolute Gasteiger partial charge is 0.407 e. The van der Waals surface area contributed by atoms with Gasteiger partial charge in [0.05, 0.1) is 18.4 Å². The Morgan fingerprint density at radius 1 is 0.971 bits per heavy atom. The van der Waals surface area contributed by atoms with Crippen LogP contribution in [0.2, 0.25) is 0 Å². The number of hydrogen-bond acceptors (Lipinski definition) is 4. The van der Waals surface area contributed by atoms with Crippen molar-refractivity contribution in [2.45, 2.75) is 50.0 Å². The number of nitrogens with one attached hydrogen (secondary N) is 1. The Bertz CT molecular complexity index is 1060. The summed E-state index contributed by atoms with van der Waals surface area (Å²) in [5, 5.41) is 12.0. The number of nitrogens with zero attached hydrogens (tertiary/aromatic N) is 1. The van der Waals surface area contributed by atoms with Gasteiger partial charge in [0.2, 0.25) is 5.91 Å². The van der Waals surface area contributed by atoms with E-state index in [1.165, 1.54) is 11.1 Å². The minimum Gasteiger partial charge on any atom is -0.481 e. The average molecular weight is 463 g/mol. The molecule has 3 aliphatic rings. The molecule has 0 spiro atoms. The van der Waals surface area contributed by atoms with Gasteiger partial charge in [-0.05, 0) is 35.1 Å². The van der Waals surface area contributed by atoms with Gasteiger partial charge in [-0.3, -0.25) is 9.59 Å². The largest absolute Gasteiger partial charge is 0.481 e. The van der Waals surface area contributed by atoms with Crippen molar-refractivity contribution in [3.8, 4) is 11.1 Å².